The minimum atomic E-state index is 0.134. The first-order valence-electron chi connectivity index (χ1n) is 5.13. The van der Waals surface area contributed by atoms with Crippen LogP contribution in [-0.4, -0.2) is 14.9 Å². The highest BCUT2D eigenvalue weighted by molar-refractivity contribution is 8.13. The van der Waals surface area contributed by atoms with E-state index in [1.165, 1.54) is 11.8 Å². The minimum Gasteiger partial charge on any atom is -0.379 e. The summed E-state index contributed by atoms with van der Waals surface area (Å²) in [4.78, 5) is 0. The van der Waals surface area contributed by atoms with E-state index in [2.05, 4.69) is 24.2 Å². The van der Waals surface area contributed by atoms with Gasteiger partial charge in [-0.2, -0.15) is 5.10 Å². The topological polar surface area (TPSA) is 67.7 Å². The van der Waals surface area contributed by atoms with Crippen LogP contribution in [-0.2, 0) is 12.3 Å². The lowest BCUT2D eigenvalue weighted by Gasteiger charge is -1.95. The molecule has 1 heterocycles. The number of amidine groups is 1. The molecule has 1 aromatic carbocycles. The number of aromatic nitrogens is 2. The normalized spacial score (nSPS) is 10.8. The van der Waals surface area contributed by atoms with Crippen molar-refractivity contribution in [1.29, 1.82) is 5.41 Å². The number of aryl methyl sites for hydroxylation is 1. The van der Waals surface area contributed by atoms with E-state index in [1.807, 2.05) is 16.8 Å². The Kier molecular flexibility index (Phi) is 3.14. The molecule has 0 amide bonds. The first kappa shape index (κ1) is 11.0. The van der Waals surface area contributed by atoms with Gasteiger partial charge in [-0.15, -0.1) is 0 Å². The van der Waals surface area contributed by atoms with Gasteiger partial charge in [-0.25, -0.2) is 0 Å². The molecular formula is C11H14N4S. The largest absolute Gasteiger partial charge is 0.379 e. The molecule has 0 unspecified atom stereocenters. The Morgan fingerprint density at radius 3 is 2.94 bits per heavy atom. The highest BCUT2D eigenvalue weighted by atomic mass is 32.2. The Morgan fingerprint density at radius 2 is 2.25 bits per heavy atom. The van der Waals surface area contributed by atoms with Gasteiger partial charge in [0, 0.05) is 17.7 Å². The fourth-order valence-electron chi connectivity index (χ4n) is 1.69. The molecule has 1 aromatic heterocycles. The molecule has 3 N–H and O–H groups in total. The van der Waals surface area contributed by atoms with E-state index in [0.29, 0.717) is 5.75 Å². The zero-order chi connectivity index (χ0) is 11.5. The van der Waals surface area contributed by atoms with E-state index >= 15 is 0 Å². The zero-order valence-electron chi connectivity index (χ0n) is 9.10. The van der Waals surface area contributed by atoms with Crippen LogP contribution in [0.1, 0.15) is 12.6 Å². The maximum atomic E-state index is 7.21. The second kappa shape index (κ2) is 4.57. The minimum absolute atomic E-state index is 0.134. The Labute approximate surface area is 98.3 Å². The van der Waals surface area contributed by atoms with Gasteiger partial charge in [0.15, 0.2) is 5.17 Å². The van der Waals surface area contributed by atoms with Crippen molar-refractivity contribution in [2.45, 2.75) is 19.2 Å². The standard InChI is InChI=1S/C11H14N4S/c1-2-15-10-6-4-3-5-8(10)9(14-15)7-16-11(12)13/h3-6H,2,7H2,1H3,(H3,12,13). The van der Waals surface area contributed by atoms with Crippen molar-refractivity contribution in [3.63, 3.8) is 0 Å². The van der Waals surface area contributed by atoms with Crippen molar-refractivity contribution < 1.29 is 0 Å². The molecule has 16 heavy (non-hydrogen) atoms. The van der Waals surface area contributed by atoms with Crippen LogP contribution in [0.5, 0.6) is 0 Å². The molecule has 0 aliphatic rings. The average molecular weight is 234 g/mol. The number of benzene rings is 1. The fourth-order valence-corrected chi connectivity index (χ4v) is 2.20. The predicted molar refractivity (Wildman–Crippen MR) is 68.6 cm³/mol. The van der Waals surface area contributed by atoms with Gasteiger partial charge in [-0.1, -0.05) is 30.0 Å². The number of hydrogen-bond donors (Lipinski definition) is 2. The summed E-state index contributed by atoms with van der Waals surface area (Å²) >= 11 is 1.31. The van der Waals surface area contributed by atoms with Crippen LogP contribution in [0.2, 0.25) is 0 Å². The number of fused-ring (bicyclic) bond motifs is 1. The molecule has 84 valence electrons. The lowest BCUT2D eigenvalue weighted by molar-refractivity contribution is 0.675. The van der Waals surface area contributed by atoms with Gasteiger partial charge < -0.3 is 5.73 Å². The Morgan fingerprint density at radius 1 is 1.50 bits per heavy atom. The molecule has 0 bridgehead atoms. The van der Waals surface area contributed by atoms with Crippen LogP contribution in [0.3, 0.4) is 0 Å². The van der Waals surface area contributed by atoms with Gasteiger partial charge in [0.2, 0.25) is 0 Å². The molecule has 0 fully saturated rings. The molecule has 4 nitrogen and oxygen atoms in total. The van der Waals surface area contributed by atoms with E-state index in [9.17, 15) is 0 Å². The van der Waals surface area contributed by atoms with Crippen LogP contribution in [0.25, 0.3) is 10.9 Å². The molecule has 5 heteroatoms. The van der Waals surface area contributed by atoms with Crippen LogP contribution in [0.15, 0.2) is 24.3 Å². The SMILES string of the molecule is CCn1nc(CSC(=N)N)c2ccccc21. The summed E-state index contributed by atoms with van der Waals surface area (Å²) < 4.78 is 1.98. The summed E-state index contributed by atoms with van der Waals surface area (Å²) in [5, 5.41) is 13.0. The molecule has 0 spiro atoms. The van der Waals surface area contributed by atoms with Crippen molar-refractivity contribution in [2.24, 2.45) is 5.73 Å². The highest BCUT2D eigenvalue weighted by Gasteiger charge is 2.09. The third-order valence-corrected chi connectivity index (χ3v) is 3.13. The smallest absolute Gasteiger partial charge is 0.151 e. The van der Waals surface area contributed by atoms with Crippen LogP contribution >= 0.6 is 11.8 Å². The monoisotopic (exact) mass is 234 g/mol. The molecular weight excluding hydrogens is 220 g/mol. The number of hydrogen-bond acceptors (Lipinski definition) is 3. The van der Waals surface area contributed by atoms with Gasteiger partial charge in [0.05, 0.1) is 11.2 Å². The highest BCUT2D eigenvalue weighted by Crippen LogP contribution is 2.21. The van der Waals surface area contributed by atoms with Gasteiger partial charge in [-0.05, 0) is 13.0 Å². The zero-order valence-corrected chi connectivity index (χ0v) is 9.92. The van der Waals surface area contributed by atoms with E-state index in [4.69, 9.17) is 11.1 Å². The van der Waals surface area contributed by atoms with E-state index in [0.717, 1.165) is 23.1 Å². The lowest BCUT2D eigenvalue weighted by Crippen LogP contribution is -2.04. The number of nitrogens with one attached hydrogen (secondary N) is 1. The Balaban J connectivity index is 2.41. The van der Waals surface area contributed by atoms with Crippen molar-refractivity contribution in [1.82, 2.24) is 9.78 Å². The number of nitrogens with zero attached hydrogens (tertiary/aromatic N) is 2. The van der Waals surface area contributed by atoms with Gasteiger partial charge in [0.1, 0.15) is 0 Å². The summed E-state index contributed by atoms with van der Waals surface area (Å²) in [5.41, 5.74) is 7.48. The van der Waals surface area contributed by atoms with E-state index in [-0.39, 0.29) is 5.17 Å². The summed E-state index contributed by atoms with van der Waals surface area (Å²) in [5.74, 6) is 0.656. The predicted octanol–water partition coefficient (Wildman–Crippen LogP) is 2.18. The second-order valence-electron chi connectivity index (χ2n) is 3.43. The summed E-state index contributed by atoms with van der Waals surface area (Å²) in [6, 6.07) is 8.14. The Hall–Kier alpha value is -1.49. The van der Waals surface area contributed by atoms with Crippen molar-refractivity contribution in [3.05, 3.63) is 30.0 Å². The van der Waals surface area contributed by atoms with E-state index < -0.39 is 0 Å². The van der Waals surface area contributed by atoms with Crippen LogP contribution < -0.4 is 5.73 Å². The lowest BCUT2D eigenvalue weighted by atomic mass is 10.2. The number of para-hydroxylation sites is 1. The quantitative estimate of drug-likeness (QED) is 0.632. The van der Waals surface area contributed by atoms with Crippen molar-refractivity contribution >= 4 is 27.8 Å². The number of thioether (sulfide) groups is 1. The molecule has 2 aromatic rings. The van der Waals surface area contributed by atoms with Gasteiger partial charge in [0.25, 0.3) is 0 Å². The first-order chi connectivity index (χ1) is 7.72. The third kappa shape index (κ3) is 2.04. The molecule has 2 rings (SSSR count). The van der Waals surface area contributed by atoms with Crippen LogP contribution in [0, 0.1) is 5.41 Å². The van der Waals surface area contributed by atoms with Crippen molar-refractivity contribution in [2.75, 3.05) is 0 Å². The average Bonchev–Trinajstić information content (AvgIpc) is 2.65. The number of rotatable bonds is 3. The number of nitrogens with two attached hydrogens (primary N) is 1. The van der Waals surface area contributed by atoms with Crippen LogP contribution in [0.4, 0.5) is 0 Å². The van der Waals surface area contributed by atoms with Gasteiger partial charge >= 0.3 is 0 Å². The summed E-state index contributed by atoms with van der Waals surface area (Å²) in [6.45, 7) is 2.92. The van der Waals surface area contributed by atoms with E-state index in [1.54, 1.807) is 0 Å². The van der Waals surface area contributed by atoms with Crippen molar-refractivity contribution in [3.8, 4) is 0 Å². The molecule has 0 radical (unpaired) electrons. The summed E-state index contributed by atoms with van der Waals surface area (Å²) in [6.07, 6.45) is 0. The maximum absolute atomic E-state index is 7.21. The molecule has 0 atom stereocenters. The first-order valence-corrected chi connectivity index (χ1v) is 6.12. The molecule has 0 aliphatic heterocycles. The maximum Gasteiger partial charge on any atom is 0.151 e. The molecule has 0 saturated carbocycles. The Bertz CT molecular complexity index is 518. The second-order valence-corrected chi connectivity index (χ2v) is 4.45. The van der Waals surface area contributed by atoms with Gasteiger partial charge in [-0.3, -0.25) is 10.1 Å². The summed E-state index contributed by atoms with van der Waals surface area (Å²) in [7, 11) is 0. The third-order valence-electron chi connectivity index (χ3n) is 2.40. The fraction of sp³-hybridized carbons (Fsp3) is 0.273. The molecule has 0 saturated heterocycles. The molecule has 0 aliphatic carbocycles.